The topological polar surface area (TPSA) is 91.6 Å². The Labute approximate surface area is 219 Å². The van der Waals surface area contributed by atoms with Crippen LogP contribution in [0.2, 0.25) is 0 Å². The van der Waals surface area contributed by atoms with Gasteiger partial charge >= 0.3 is 0 Å². The number of hydrogen-bond donors (Lipinski definition) is 3. The Hall–Kier alpha value is -2.94. The number of nitrogens with one attached hydrogen (secondary N) is 1. The van der Waals surface area contributed by atoms with E-state index in [1.165, 1.54) is 25.9 Å². The van der Waals surface area contributed by atoms with Crippen LogP contribution in [0.3, 0.4) is 0 Å². The number of β-amino-alcohol motifs (C(OH)–C–C–N with tert-alkyl or cyclic N) is 1. The van der Waals surface area contributed by atoms with Crippen LogP contribution in [-0.2, 0) is 11.2 Å². The summed E-state index contributed by atoms with van der Waals surface area (Å²) in [4.78, 5) is 23.3. The lowest BCUT2D eigenvalue weighted by Crippen LogP contribution is -2.52. The van der Waals surface area contributed by atoms with E-state index >= 15 is 0 Å². The Bertz CT molecular complexity index is 1080. The van der Waals surface area contributed by atoms with E-state index in [2.05, 4.69) is 15.2 Å². The fourth-order valence-corrected chi connectivity index (χ4v) is 5.58. The number of benzene rings is 2. The third-order valence-electron chi connectivity index (χ3n) is 7.92. The van der Waals surface area contributed by atoms with Crippen LogP contribution in [0, 0.1) is 0 Å². The molecular formula is C29H39N5O3. The lowest BCUT2D eigenvalue weighted by Gasteiger charge is -2.42. The van der Waals surface area contributed by atoms with Gasteiger partial charge in [-0.05, 0) is 62.9 Å². The van der Waals surface area contributed by atoms with Crippen LogP contribution in [0.1, 0.15) is 49.5 Å². The van der Waals surface area contributed by atoms with Gasteiger partial charge in [0.25, 0.3) is 0 Å². The molecule has 3 heterocycles. The monoisotopic (exact) mass is 505 g/mol. The van der Waals surface area contributed by atoms with E-state index < -0.39 is 11.8 Å². The van der Waals surface area contributed by atoms with Gasteiger partial charge in [-0.15, -0.1) is 0 Å². The Morgan fingerprint density at radius 2 is 1.81 bits per heavy atom. The molecule has 0 saturated carbocycles. The molecule has 1 atom stereocenters. The molecule has 3 N–H and O–H groups in total. The predicted molar refractivity (Wildman–Crippen MR) is 146 cm³/mol. The molecular weight excluding hydrogens is 466 g/mol. The van der Waals surface area contributed by atoms with Crippen LogP contribution in [0.5, 0.6) is 0 Å². The van der Waals surface area contributed by atoms with Crippen molar-refractivity contribution < 1.29 is 15.0 Å². The van der Waals surface area contributed by atoms with E-state index in [9.17, 15) is 15.0 Å². The fraction of sp³-hybridized carbons (Fsp3) is 0.517. The van der Waals surface area contributed by atoms with Crippen LogP contribution < -0.4 is 5.32 Å². The first-order valence-corrected chi connectivity index (χ1v) is 13.6. The smallest absolute Gasteiger partial charge is 0.222 e. The minimum atomic E-state index is -0.974. The molecule has 5 rings (SSSR count). The number of carbonyl (C=O) groups is 1. The summed E-state index contributed by atoms with van der Waals surface area (Å²) in [5.41, 5.74) is 2.68. The van der Waals surface area contributed by atoms with Crippen LogP contribution in [-0.4, -0.2) is 88.6 Å². The molecule has 2 fully saturated rings. The predicted octanol–water partition coefficient (Wildman–Crippen LogP) is 3.15. The van der Waals surface area contributed by atoms with E-state index in [4.69, 9.17) is 0 Å². The van der Waals surface area contributed by atoms with Gasteiger partial charge in [0.05, 0.1) is 24.2 Å². The number of nitrogens with zero attached hydrogens (tertiary/aromatic N) is 4. The Balaban J connectivity index is 1.10. The normalized spacial score (nSPS) is 21.2. The molecule has 3 aliphatic rings. The quantitative estimate of drug-likeness (QED) is 0.485. The van der Waals surface area contributed by atoms with Gasteiger partial charge in [0.1, 0.15) is 0 Å². The molecule has 0 aromatic heterocycles. The number of fused-ring (bicyclic) bond motifs is 1. The van der Waals surface area contributed by atoms with Crippen molar-refractivity contribution in [3.8, 4) is 0 Å². The number of rotatable bonds is 9. The average molecular weight is 506 g/mol. The molecule has 1 unspecified atom stereocenters. The molecule has 0 aliphatic carbocycles. The minimum Gasteiger partial charge on any atom is -0.388 e. The number of aryl methyl sites for hydroxylation is 1. The molecule has 2 aromatic rings. The maximum atomic E-state index is 12.7. The molecule has 37 heavy (non-hydrogen) atoms. The number of piperidine rings is 1. The average Bonchev–Trinajstić information content (AvgIpc) is 3.44. The number of carbonyl (C=O) groups excluding carboxylic acids is 1. The second kappa shape index (κ2) is 11.6. The number of aliphatic hydroxyl groups excluding tert-OH is 1. The zero-order valence-electron chi connectivity index (χ0n) is 21.6. The van der Waals surface area contributed by atoms with Crippen LogP contribution in [0.25, 0.3) is 0 Å². The second-order valence-corrected chi connectivity index (χ2v) is 10.6. The van der Waals surface area contributed by atoms with Crippen LogP contribution >= 0.6 is 0 Å². The van der Waals surface area contributed by atoms with Crippen molar-refractivity contribution in [1.82, 2.24) is 14.7 Å². The summed E-state index contributed by atoms with van der Waals surface area (Å²) in [6.45, 7) is 5.61. The second-order valence-electron chi connectivity index (χ2n) is 10.6. The van der Waals surface area contributed by atoms with Crippen molar-refractivity contribution in [3.63, 3.8) is 0 Å². The summed E-state index contributed by atoms with van der Waals surface area (Å²) < 4.78 is 0. The number of amides is 1. The van der Waals surface area contributed by atoms with Crippen molar-refractivity contribution in [2.45, 2.75) is 50.4 Å². The molecule has 0 radical (unpaired) electrons. The van der Waals surface area contributed by atoms with Gasteiger partial charge < -0.3 is 30.2 Å². The highest BCUT2D eigenvalue weighted by Gasteiger charge is 2.37. The molecule has 0 bridgehead atoms. The highest BCUT2D eigenvalue weighted by Crippen LogP contribution is 2.35. The van der Waals surface area contributed by atoms with Crippen molar-refractivity contribution in [2.24, 2.45) is 4.99 Å². The third-order valence-corrected chi connectivity index (χ3v) is 7.92. The van der Waals surface area contributed by atoms with Gasteiger partial charge in [-0.1, -0.05) is 36.4 Å². The molecule has 8 nitrogen and oxygen atoms in total. The Morgan fingerprint density at radius 3 is 2.57 bits per heavy atom. The van der Waals surface area contributed by atoms with Gasteiger partial charge in [-0.25, -0.2) is 4.99 Å². The largest absolute Gasteiger partial charge is 0.388 e. The molecule has 2 aromatic carbocycles. The first-order valence-electron chi connectivity index (χ1n) is 13.6. The van der Waals surface area contributed by atoms with E-state index in [0.29, 0.717) is 32.4 Å². The van der Waals surface area contributed by atoms with E-state index in [-0.39, 0.29) is 12.5 Å². The first-order chi connectivity index (χ1) is 18.0. The summed E-state index contributed by atoms with van der Waals surface area (Å²) >= 11 is 0. The van der Waals surface area contributed by atoms with Gasteiger partial charge in [-0.3, -0.25) is 4.79 Å². The van der Waals surface area contributed by atoms with Crippen molar-refractivity contribution in [3.05, 3.63) is 59.7 Å². The highest BCUT2D eigenvalue weighted by atomic mass is 16.3. The highest BCUT2D eigenvalue weighted by molar-refractivity contribution is 5.76. The summed E-state index contributed by atoms with van der Waals surface area (Å²) in [6.07, 6.45) is 5.53. The molecule has 198 valence electrons. The summed E-state index contributed by atoms with van der Waals surface area (Å²) in [5.74, 6) is 0.129. The number of aliphatic imine (C=N–C) groups is 1. The van der Waals surface area contributed by atoms with E-state index in [1.54, 1.807) is 11.2 Å². The van der Waals surface area contributed by atoms with Crippen LogP contribution in [0.15, 0.2) is 53.5 Å². The van der Waals surface area contributed by atoms with Gasteiger partial charge in [0.2, 0.25) is 5.91 Å². The summed E-state index contributed by atoms with van der Waals surface area (Å²) in [7, 11) is 0. The molecule has 1 amide bonds. The lowest BCUT2D eigenvalue weighted by atomic mass is 9.90. The molecule has 3 aliphatic heterocycles. The SMILES string of the molecule is O=C(CCc1ccccc1)N1CCC(O)(CN2C=Nc3cc(NCCN4CCCC4)ccc3C2O)CC1. The third kappa shape index (κ3) is 6.50. The summed E-state index contributed by atoms with van der Waals surface area (Å²) in [5, 5.41) is 25.8. The number of aliphatic hydroxyl groups is 2. The van der Waals surface area contributed by atoms with Crippen molar-refractivity contribution >= 4 is 23.6 Å². The van der Waals surface area contributed by atoms with E-state index in [0.717, 1.165) is 42.0 Å². The van der Waals surface area contributed by atoms with Crippen molar-refractivity contribution in [1.29, 1.82) is 0 Å². The Kier molecular flexibility index (Phi) is 8.08. The zero-order chi connectivity index (χ0) is 25.7. The zero-order valence-corrected chi connectivity index (χ0v) is 21.6. The number of hydrogen-bond acceptors (Lipinski definition) is 7. The van der Waals surface area contributed by atoms with Gasteiger partial charge in [0, 0.05) is 43.9 Å². The first kappa shape index (κ1) is 25.7. The maximum Gasteiger partial charge on any atom is 0.222 e. The van der Waals surface area contributed by atoms with E-state index in [1.807, 2.05) is 53.4 Å². The summed E-state index contributed by atoms with van der Waals surface area (Å²) in [6, 6.07) is 15.9. The van der Waals surface area contributed by atoms with Crippen LogP contribution in [0.4, 0.5) is 11.4 Å². The minimum absolute atomic E-state index is 0.129. The fourth-order valence-electron chi connectivity index (χ4n) is 5.58. The van der Waals surface area contributed by atoms with Gasteiger partial charge in [-0.2, -0.15) is 0 Å². The van der Waals surface area contributed by atoms with Gasteiger partial charge in [0.15, 0.2) is 6.23 Å². The maximum absolute atomic E-state index is 12.7. The molecule has 8 heteroatoms. The number of anilines is 1. The Morgan fingerprint density at radius 1 is 1.05 bits per heavy atom. The molecule has 0 spiro atoms. The number of likely N-dealkylation sites (tertiary alicyclic amines) is 2. The van der Waals surface area contributed by atoms with Crippen molar-refractivity contribution in [2.75, 3.05) is 51.1 Å². The standard InChI is InChI=1S/C29H39N5O3/c35-27(11-8-23-6-2-1-3-7-23)33-17-12-29(37,13-18-33)21-34-22-31-26-20-24(9-10-25(26)28(34)36)30-14-19-32-15-4-5-16-32/h1-3,6-7,9-10,20,22,28,30,36-37H,4-5,8,11-19,21H2. The lowest BCUT2D eigenvalue weighted by molar-refractivity contribution is -0.136. The molecule has 2 saturated heterocycles.